The molecule has 11 heteroatoms. The standard InChI is InChI=1S/C31H34Cl3N3O4S/c1-42(40,41)37(26-15-16-27(33)28(34)19-26)21-30(38)36(20-23-11-8-12-24(32)17-23)29(18-22-9-4-2-5-10-22)31(39)35-25-13-6-3-7-14-25/h2,4-5,8-12,15-17,19,25,29H,3,6-7,13-14,18,20-21H2,1H3,(H,35,39)/t29-/m1/s1. The number of benzene rings is 3. The molecule has 1 saturated carbocycles. The number of hydrogen-bond acceptors (Lipinski definition) is 4. The summed E-state index contributed by atoms with van der Waals surface area (Å²) in [6.07, 6.45) is 6.23. The molecule has 1 fully saturated rings. The van der Waals surface area contributed by atoms with Gasteiger partial charge in [-0.05, 0) is 54.3 Å². The summed E-state index contributed by atoms with van der Waals surface area (Å²) in [6, 6.07) is 20.0. The van der Waals surface area contributed by atoms with E-state index in [-0.39, 0.29) is 40.6 Å². The lowest BCUT2D eigenvalue weighted by atomic mass is 9.94. The van der Waals surface area contributed by atoms with Gasteiger partial charge in [0.1, 0.15) is 12.6 Å². The maximum absolute atomic E-state index is 14.2. The minimum Gasteiger partial charge on any atom is -0.352 e. The van der Waals surface area contributed by atoms with Crippen molar-refractivity contribution in [1.29, 1.82) is 0 Å². The molecule has 0 bridgehead atoms. The van der Waals surface area contributed by atoms with Crippen molar-refractivity contribution >= 4 is 62.3 Å². The number of carbonyl (C=O) groups excluding carboxylic acids is 2. The van der Waals surface area contributed by atoms with E-state index in [1.54, 1.807) is 18.2 Å². The Morgan fingerprint density at radius 1 is 0.881 bits per heavy atom. The molecule has 42 heavy (non-hydrogen) atoms. The third kappa shape index (κ3) is 8.86. The molecule has 3 aromatic carbocycles. The summed E-state index contributed by atoms with van der Waals surface area (Å²) in [5.74, 6) is -0.826. The Morgan fingerprint density at radius 2 is 1.57 bits per heavy atom. The minimum absolute atomic E-state index is 0.0244. The molecule has 0 radical (unpaired) electrons. The van der Waals surface area contributed by atoms with Crippen molar-refractivity contribution in [2.75, 3.05) is 17.1 Å². The van der Waals surface area contributed by atoms with E-state index in [9.17, 15) is 18.0 Å². The highest BCUT2D eigenvalue weighted by Crippen LogP contribution is 2.29. The van der Waals surface area contributed by atoms with Gasteiger partial charge in [-0.3, -0.25) is 13.9 Å². The quantitative estimate of drug-likeness (QED) is 0.257. The van der Waals surface area contributed by atoms with Crippen molar-refractivity contribution in [3.05, 3.63) is 99.0 Å². The summed E-state index contributed by atoms with van der Waals surface area (Å²) in [5, 5.41) is 4.07. The smallest absolute Gasteiger partial charge is 0.244 e. The summed E-state index contributed by atoms with van der Waals surface area (Å²) >= 11 is 18.5. The Hall–Kier alpha value is -2.78. The normalized spacial score (nSPS) is 14.7. The predicted octanol–water partition coefficient (Wildman–Crippen LogP) is 6.50. The van der Waals surface area contributed by atoms with Crippen LogP contribution in [0, 0.1) is 0 Å². The van der Waals surface area contributed by atoms with E-state index in [2.05, 4.69) is 5.32 Å². The van der Waals surface area contributed by atoms with Crippen molar-refractivity contribution < 1.29 is 18.0 Å². The maximum Gasteiger partial charge on any atom is 0.244 e. The van der Waals surface area contributed by atoms with Gasteiger partial charge in [0.05, 0.1) is 22.0 Å². The average Bonchev–Trinajstić information content (AvgIpc) is 2.95. The van der Waals surface area contributed by atoms with Gasteiger partial charge in [0.15, 0.2) is 0 Å². The van der Waals surface area contributed by atoms with E-state index in [1.165, 1.54) is 23.1 Å². The number of carbonyl (C=O) groups is 2. The van der Waals surface area contributed by atoms with Gasteiger partial charge in [-0.1, -0.05) is 96.5 Å². The highest BCUT2D eigenvalue weighted by molar-refractivity contribution is 7.92. The van der Waals surface area contributed by atoms with Crippen LogP contribution >= 0.6 is 34.8 Å². The molecule has 1 aliphatic carbocycles. The zero-order valence-electron chi connectivity index (χ0n) is 23.3. The van der Waals surface area contributed by atoms with Crippen LogP contribution in [0.25, 0.3) is 0 Å². The van der Waals surface area contributed by atoms with Gasteiger partial charge in [-0.2, -0.15) is 0 Å². The molecule has 0 unspecified atom stereocenters. The van der Waals surface area contributed by atoms with Gasteiger partial charge in [0, 0.05) is 24.0 Å². The molecule has 0 aliphatic heterocycles. The zero-order valence-corrected chi connectivity index (χ0v) is 26.4. The minimum atomic E-state index is -3.92. The number of hydrogen-bond donors (Lipinski definition) is 1. The van der Waals surface area contributed by atoms with Crippen molar-refractivity contribution in [3.8, 4) is 0 Å². The second-order valence-corrected chi connectivity index (χ2v) is 13.7. The van der Waals surface area contributed by atoms with Crippen LogP contribution in [-0.4, -0.2) is 50.0 Å². The summed E-state index contributed by atoms with van der Waals surface area (Å²) in [5.41, 5.74) is 1.77. The first kappa shape index (κ1) is 32.1. The fourth-order valence-electron chi connectivity index (χ4n) is 5.18. The predicted molar refractivity (Wildman–Crippen MR) is 170 cm³/mol. The van der Waals surface area contributed by atoms with Crippen molar-refractivity contribution in [2.24, 2.45) is 0 Å². The molecule has 224 valence electrons. The van der Waals surface area contributed by atoms with Crippen LogP contribution in [0.5, 0.6) is 0 Å². The fraction of sp³-hybridized carbons (Fsp3) is 0.355. The number of sulfonamides is 1. The molecule has 1 aliphatic rings. The molecule has 0 saturated heterocycles. The van der Waals surface area contributed by atoms with Crippen LogP contribution in [0.2, 0.25) is 15.1 Å². The van der Waals surface area contributed by atoms with E-state index in [1.807, 2.05) is 36.4 Å². The van der Waals surface area contributed by atoms with Crippen molar-refractivity contribution in [3.63, 3.8) is 0 Å². The molecule has 0 heterocycles. The van der Waals surface area contributed by atoms with Crippen LogP contribution in [0.3, 0.4) is 0 Å². The number of anilines is 1. The lowest BCUT2D eigenvalue weighted by Crippen LogP contribution is -2.55. The van der Waals surface area contributed by atoms with Gasteiger partial charge >= 0.3 is 0 Å². The van der Waals surface area contributed by atoms with Gasteiger partial charge in [-0.25, -0.2) is 8.42 Å². The Bertz CT molecular complexity index is 1500. The van der Waals surface area contributed by atoms with Gasteiger partial charge in [0.2, 0.25) is 21.8 Å². The summed E-state index contributed by atoms with van der Waals surface area (Å²) in [7, 11) is -3.92. The van der Waals surface area contributed by atoms with Gasteiger partial charge < -0.3 is 10.2 Å². The molecule has 2 amide bonds. The fourth-order valence-corrected chi connectivity index (χ4v) is 6.53. The van der Waals surface area contributed by atoms with E-state index in [4.69, 9.17) is 34.8 Å². The lowest BCUT2D eigenvalue weighted by Gasteiger charge is -2.35. The van der Waals surface area contributed by atoms with E-state index in [0.717, 1.165) is 48.2 Å². The Labute approximate surface area is 262 Å². The Morgan fingerprint density at radius 3 is 2.21 bits per heavy atom. The second kappa shape index (κ2) is 14.6. The molecule has 7 nitrogen and oxygen atoms in total. The number of nitrogens with zero attached hydrogens (tertiary/aromatic N) is 2. The van der Waals surface area contributed by atoms with Crippen LogP contribution in [0.4, 0.5) is 5.69 Å². The molecular formula is C31H34Cl3N3O4S. The lowest BCUT2D eigenvalue weighted by molar-refractivity contribution is -0.140. The molecule has 1 N–H and O–H groups in total. The van der Waals surface area contributed by atoms with Crippen molar-refractivity contribution in [1.82, 2.24) is 10.2 Å². The summed E-state index contributed by atoms with van der Waals surface area (Å²) in [6.45, 7) is -0.493. The number of rotatable bonds is 11. The number of halogens is 3. The molecule has 0 aromatic heterocycles. The van der Waals surface area contributed by atoms with E-state index in [0.29, 0.717) is 10.6 Å². The first-order valence-corrected chi connectivity index (χ1v) is 16.8. The second-order valence-electron chi connectivity index (χ2n) is 10.6. The third-order valence-corrected chi connectivity index (χ3v) is 9.45. The first-order chi connectivity index (χ1) is 20.0. The maximum atomic E-state index is 14.2. The molecule has 3 aromatic rings. The zero-order chi connectivity index (χ0) is 30.3. The van der Waals surface area contributed by atoms with Gasteiger partial charge in [0.25, 0.3) is 0 Å². The van der Waals surface area contributed by atoms with E-state index >= 15 is 0 Å². The first-order valence-electron chi connectivity index (χ1n) is 13.8. The highest BCUT2D eigenvalue weighted by atomic mass is 35.5. The van der Waals surface area contributed by atoms with Gasteiger partial charge in [-0.15, -0.1) is 0 Å². The van der Waals surface area contributed by atoms with Crippen LogP contribution in [-0.2, 0) is 32.6 Å². The topological polar surface area (TPSA) is 86.8 Å². The molecule has 4 rings (SSSR count). The molecular weight excluding hydrogens is 617 g/mol. The van der Waals surface area contributed by atoms with Crippen LogP contribution in [0.15, 0.2) is 72.8 Å². The highest BCUT2D eigenvalue weighted by Gasteiger charge is 2.34. The number of nitrogens with one attached hydrogen (secondary N) is 1. The third-order valence-electron chi connectivity index (χ3n) is 7.33. The Kier molecular flexibility index (Phi) is 11.2. The molecule has 0 spiro atoms. The largest absolute Gasteiger partial charge is 0.352 e. The average molecular weight is 651 g/mol. The number of amides is 2. The van der Waals surface area contributed by atoms with Crippen molar-refractivity contribution in [2.45, 2.75) is 57.2 Å². The SMILES string of the molecule is CS(=O)(=O)N(CC(=O)N(Cc1cccc(Cl)c1)[C@H](Cc1ccccc1)C(=O)NC1CCCCC1)c1ccc(Cl)c(Cl)c1. The summed E-state index contributed by atoms with van der Waals surface area (Å²) in [4.78, 5) is 29.6. The van der Waals surface area contributed by atoms with E-state index < -0.39 is 28.5 Å². The van der Waals surface area contributed by atoms with Crippen LogP contribution in [0.1, 0.15) is 43.2 Å². The summed E-state index contributed by atoms with van der Waals surface area (Å²) < 4.78 is 26.8. The molecule has 1 atom stereocenters. The van der Waals surface area contributed by atoms with Crippen LogP contribution < -0.4 is 9.62 Å². The monoisotopic (exact) mass is 649 g/mol. The Balaban J connectivity index is 1.73.